The maximum Gasteiger partial charge on any atom is 0.0403 e. The van der Waals surface area contributed by atoms with Crippen molar-refractivity contribution in [3.8, 4) is 0 Å². The zero-order valence-electron chi connectivity index (χ0n) is 11.6. The average molecular weight is 232 g/mol. The Morgan fingerprint density at radius 3 is 2.35 bits per heavy atom. The lowest BCUT2D eigenvalue weighted by molar-refractivity contribution is 0.457. The summed E-state index contributed by atoms with van der Waals surface area (Å²) < 4.78 is 0. The molecule has 2 nitrogen and oxygen atoms in total. The largest absolute Gasteiger partial charge is 0.381 e. The predicted molar refractivity (Wildman–Crippen MR) is 74.8 cm³/mol. The van der Waals surface area contributed by atoms with Crippen molar-refractivity contribution in [2.45, 2.75) is 52.6 Å². The molecule has 2 rings (SSSR count). The van der Waals surface area contributed by atoms with Gasteiger partial charge >= 0.3 is 0 Å². The van der Waals surface area contributed by atoms with Crippen LogP contribution in [0, 0.1) is 20.8 Å². The Morgan fingerprint density at radius 2 is 1.76 bits per heavy atom. The zero-order valence-corrected chi connectivity index (χ0v) is 11.6. The molecule has 1 heterocycles. The van der Waals surface area contributed by atoms with Gasteiger partial charge in [0, 0.05) is 23.8 Å². The molecule has 2 N–H and O–H groups in total. The zero-order chi connectivity index (χ0) is 12.6. The second-order valence-corrected chi connectivity index (χ2v) is 6.06. The minimum absolute atomic E-state index is 0.269. The van der Waals surface area contributed by atoms with Crippen LogP contribution < -0.4 is 10.6 Å². The number of rotatable bonds is 2. The summed E-state index contributed by atoms with van der Waals surface area (Å²) in [6.45, 7) is 12.1. The van der Waals surface area contributed by atoms with E-state index in [1.165, 1.54) is 28.8 Å². The van der Waals surface area contributed by atoms with E-state index in [0.29, 0.717) is 6.04 Å². The van der Waals surface area contributed by atoms with E-state index in [1.807, 2.05) is 0 Å². The summed E-state index contributed by atoms with van der Waals surface area (Å²) in [5, 5.41) is 7.22. The molecule has 94 valence electrons. The second-order valence-electron chi connectivity index (χ2n) is 6.06. The van der Waals surface area contributed by atoms with Crippen LogP contribution in [0.1, 0.15) is 37.0 Å². The summed E-state index contributed by atoms with van der Waals surface area (Å²) in [5.41, 5.74) is 5.64. The van der Waals surface area contributed by atoms with Crippen molar-refractivity contribution in [1.29, 1.82) is 0 Å². The molecule has 17 heavy (non-hydrogen) atoms. The molecular weight excluding hydrogens is 208 g/mol. The van der Waals surface area contributed by atoms with Crippen molar-refractivity contribution < 1.29 is 0 Å². The summed E-state index contributed by atoms with van der Waals surface area (Å²) in [6, 6.07) is 5.09. The van der Waals surface area contributed by atoms with E-state index in [9.17, 15) is 0 Å². The highest BCUT2D eigenvalue weighted by Crippen LogP contribution is 2.25. The molecule has 1 saturated heterocycles. The van der Waals surface area contributed by atoms with Crippen LogP contribution >= 0.6 is 0 Å². The van der Waals surface area contributed by atoms with Gasteiger partial charge in [-0.3, -0.25) is 0 Å². The lowest BCUT2D eigenvalue weighted by atomic mass is 10.0. The molecule has 1 aromatic carbocycles. The molecule has 0 radical (unpaired) electrons. The Bertz CT molecular complexity index is 421. The number of aryl methyl sites for hydroxylation is 3. The third kappa shape index (κ3) is 2.81. The van der Waals surface area contributed by atoms with E-state index in [2.05, 4.69) is 57.4 Å². The Labute approximate surface area is 105 Å². The van der Waals surface area contributed by atoms with Crippen molar-refractivity contribution in [3.63, 3.8) is 0 Å². The quantitative estimate of drug-likeness (QED) is 0.818. The SMILES string of the molecule is Cc1cc(C)c(NC2CNC(C)(C)C2)cc1C. The Balaban J connectivity index is 2.12. The van der Waals surface area contributed by atoms with E-state index < -0.39 is 0 Å². The van der Waals surface area contributed by atoms with E-state index >= 15 is 0 Å². The maximum absolute atomic E-state index is 3.67. The molecule has 0 aromatic heterocycles. The first-order chi connectivity index (χ1) is 7.87. The fourth-order valence-electron chi connectivity index (χ4n) is 2.60. The van der Waals surface area contributed by atoms with Gasteiger partial charge in [0.05, 0.1) is 0 Å². The Morgan fingerprint density at radius 1 is 1.12 bits per heavy atom. The summed E-state index contributed by atoms with van der Waals surface area (Å²) in [4.78, 5) is 0. The van der Waals surface area contributed by atoms with Gasteiger partial charge in [0.2, 0.25) is 0 Å². The number of nitrogens with one attached hydrogen (secondary N) is 2. The highest BCUT2D eigenvalue weighted by atomic mass is 15.1. The summed E-state index contributed by atoms with van der Waals surface area (Å²) in [6.07, 6.45) is 1.18. The number of anilines is 1. The maximum atomic E-state index is 3.67. The van der Waals surface area contributed by atoms with Gasteiger partial charge < -0.3 is 10.6 Å². The first-order valence-corrected chi connectivity index (χ1v) is 6.47. The molecule has 1 aromatic rings. The fraction of sp³-hybridized carbons (Fsp3) is 0.600. The number of benzene rings is 1. The summed E-state index contributed by atoms with van der Waals surface area (Å²) in [5.74, 6) is 0. The third-order valence-corrected chi connectivity index (χ3v) is 3.78. The second kappa shape index (κ2) is 4.34. The van der Waals surface area contributed by atoms with Crippen LogP contribution in [-0.2, 0) is 0 Å². The molecule has 0 bridgehead atoms. The first kappa shape index (κ1) is 12.4. The van der Waals surface area contributed by atoms with Gasteiger partial charge in [0.1, 0.15) is 0 Å². The van der Waals surface area contributed by atoms with Crippen molar-refractivity contribution >= 4 is 5.69 Å². The number of hydrogen-bond donors (Lipinski definition) is 2. The van der Waals surface area contributed by atoms with E-state index in [0.717, 1.165) is 6.54 Å². The predicted octanol–water partition coefficient (Wildman–Crippen LogP) is 3.16. The minimum atomic E-state index is 0.269. The smallest absolute Gasteiger partial charge is 0.0403 e. The van der Waals surface area contributed by atoms with Gasteiger partial charge in [-0.2, -0.15) is 0 Å². The highest BCUT2D eigenvalue weighted by Gasteiger charge is 2.30. The molecule has 0 saturated carbocycles. The van der Waals surface area contributed by atoms with Gasteiger partial charge in [-0.15, -0.1) is 0 Å². The molecular formula is C15H24N2. The Kier molecular flexibility index (Phi) is 3.17. The third-order valence-electron chi connectivity index (χ3n) is 3.78. The molecule has 0 aliphatic carbocycles. The number of hydrogen-bond acceptors (Lipinski definition) is 2. The standard InChI is InChI=1S/C15H24N2/c1-10-6-12(3)14(7-11(10)2)17-13-8-15(4,5)16-9-13/h6-7,13,16-17H,8-9H2,1-5H3. The lowest BCUT2D eigenvalue weighted by Gasteiger charge is -2.19. The molecule has 1 unspecified atom stereocenters. The van der Waals surface area contributed by atoms with Crippen molar-refractivity contribution in [1.82, 2.24) is 5.32 Å². The van der Waals surface area contributed by atoms with Crippen LogP contribution in [0.4, 0.5) is 5.69 Å². The molecule has 1 atom stereocenters. The monoisotopic (exact) mass is 232 g/mol. The van der Waals surface area contributed by atoms with Crippen molar-refractivity contribution in [3.05, 3.63) is 28.8 Å². The van der Waals surface area contributed by atoms with Gasteiger partial charge in [-0.05, 0) is 63.8 Å². The van der Waals surface area contributed by atoms with Gasteiger partial charge in [0.25, 0.3) is 0 Å². The topological polar surface area (TPSA) is 24.1 Å². The lowest BCUT2D eigenvalue weighted by Crippen LogP contribution is -2.31. The van der Waals surface area contributed by atoms with Crippen LogP contribution in [0.15, 0.2) is 12.1 Å². The van der Waals surface area contributed by atoms with E-state index in [4.69, 9.17) is 0 Å². The average Bonchev–Trinajstić information content (AvgIpc) is 2.54. The minimum Gasteiger partial charge on any atom is -0.381 e. The summed E-state index contributed by atoms with van der Waals surface area (Å²) in [7, 11) is 0. The molecule has 0 amide bonds. The molecule has 1 fully saturated rings. The van der Waals surface area contributed by atoms with Crippen LogP contribution in [0.2, 0.25) is 0 Å². The van der Waals surface area contributed by atoms with Crippen molar-refractivity contribution in [2.24, 2.45) is 0 Å². The van der Waals surface area contributed by atoms with Gasteiger partial charge in [-0.25, -0.2) is 0 Å². The van der Waals surface area contributed by atoms with Crippen LogP contribution in [0.5, 0.6) is 0 Å². The normalized spacial score (nSPS) is 22.8. The van der Waals surface area contributed by atoms with Crippen molar-refractivity contribution in [2.75, 3.05) is 11.9 Å². The molecule has 1 aliphatic heterocycles. The van der Waals surface area contributed by atoms with Crippen LogP contribution in [0.25, 0.3) is 0 Å². The van der Waals surface area contributed by atoms with Gasteiger partial charge in [-0.1, -0.05) is 6.07 Å². The Hall–Kier alpha value is -1.02. The molecule has 0 spiro atoms. The fourth-order valence-corrected chi connectivity index (χ4v) is 2.60. The van der Waals surface area contributed by atoms with E-state index in [1.54, 1.807) is 0 Å². The van der Waals surface area contributed by atoms with Crippen LogP contribution in [-0.4, -0.2) is 18.1 Å². The van der Waals surface area contributed by atoms with Crippen LogP contribution in [0.3, 0.4) is 0 Å². The summed E-state index contributed by atoms with van der Waals surface area (Å²) >= 11 is 0. The first-order valence-electron chi connectivity index (χ1n) is 6.47. The molecule has 1 aliphatic rings. The molecule has 2 heteroatoms. The highest BCUT2D eigenvalue weighted by molar-refractivity contribution is 5.55. The van der Waals surface area contributed by atoms with E-state index in [-0.39, 0.29) is 5.54 Å². The van der Waals surface area contributed by atoms with Gasteiger partial charge in [0.15, 0.2) is 0 Å².